The van der Waals surface area contributed by atoms with Crippen LogP contribution in [-0.2, 0) is 13.1 Å². The van der Waals surface area contributed by atoms with Gasteiger partial charge in [-0.05, 0) is 34.6 Å². The molecule has 1 N–H and O–H groups in total. The minimum atomic E-state index is 0. The van der Waals surface area contributed by atoms with E-state index in [1.54, 1.807) is 4.90 Å². The van der Waals surface area contributed by atoms with E-state index in [-0.39, 0.29) is 34.0 Å². The van der Waals surface area contributed by atoms with Crippen molar-refractivity contribution in [3.8, 4) is 0 Å². The Morgan fingerprint density at radius 3 is 1.36 bits per heavy atom. The summed E-state index contributed by atoms with van der Waals surface area (Å²) in [5, 5.41) is 0. The summed E-state index contributed by atoms with van der Waals surface area (Å²) >= 11 is 0. The van der Waals surface area contributed by atoms with Crippen LogP contribution in [0.5, 0.6) is 0 Å². The van der Waals surface area contributed by atoms with Crippen molar-refractivity contribution < 1.29 is 43.3 Å². The van der Waals surface area contributed by atoms with Crippen LogP contribution in [-0.4, -0.2) is 37.2 Å². The molecular formula is C24H40Br2N2. The standard InChI is InChI=1S/C13H22N.C11H17N.2BrH/c1-4-14(5-2,6-3)12-13-10-8-7-9-11-13;1-3-12(4-2)10-11-8-6-5-7-9-11;;/h7-11H,4-6,12H2,1-3H3;5-9H,3-4,10H2,1-2H3;2*1H/q+1;;;/p-1. The zero-order valence-corrected chi connectivity index (χ0v) is 21.6. The fourth-order valence-corrected chi connectivity index (χ4v) is 3.36. The lowest BCUT2D eigenvalue weighted by molar-refractivity contribution is -0.936. The molecule has 0 saturated heterocycles. The molecule has 4 heteroatoms. The Labute approximate surface area is 195 Å². The molecule has 2 rings (SSSR count). The highest BCUT2D eigenvalue weighted by Gasteiger charge is 2.20. The van der Waals surface area contributed by atoms with Gasteiger partial charge in [0, 0.05) is 11.1 Å². The van der Waals surface area contributed by atoms with Crippen molar-refractivity contribution in [2.45, 2.75) is 47.7 Å². The zero-order valence-electron chi connectivity index (χ0n) is 18.4. The molecule has 2 aromatic rings. The molecule has 0 radical (unpaired) electrons. The average Bonchev–Trinajstić information content (AvgIpc) is 2.72. The van der Waals surface area contributed by atoms with E-state index in [2.05, 4.69) is 95.3 Å². The van der Waals surface area contributed by atoms with Crippen LogP contribution >= 0.6 is 0 Å². The van der Waals surface area contributed by atoms with Gasteiger partial charge < -0.3 is 43.3 Å². The first kappa shape index (κ1) is 29.5. The van der Waals surface area contributed by atoms with Crippen LogP contribution in [0.25, 0.3) is 0 Å². The molecule has 0 aliphatic heterocycles. The summed E-state index contributed by atoms with van der Waals surface area (Å²) in [6.07, 6.45) is 0. The molecule has 0 amide bonds. The molecule has 2 nitrogen and oxygen atoms in total. The molecule has 0 unspecified atom stereocenters. The molecule has 0 bridgehead atoms. The van der Waals surface area contributed by atoms with E-state index in [0.717, 1.165) is 6.54 Å². The number of nitrogens with zero attached hydrogens (tertiary/aromatic N) is 1. The van der Waals surface area contributed by atoms with Crippen LogP contribution in [0.2, 0.25) is 0 Å². The number of hydrogen-bond acceptors (Lipinski definition) is 0. The van der Waals surface area contributed by atoms with E-state index in [1.165, 1.54) is 54.9 Å². The van der Waals surface area contributed by atoms with Gasteiger partial charge in [0.2, 0.25) is 0 Å². The minimum Gasteiger partial charge on any atom is -1.00 e. The lowest BCUT2D eigenvalue weighted by Gasteiger charge is -2.35. The summed E-state index contributed by atoms with van der Waals surface area (Å²) in [6.45, 7) is 19.8. The first-order valence-electron chi connectivity index (χ1n) is 10.4. The van der Waals surface area contributed by atoms with Crippen LogP contribution < -0.4 is 38.9 Å². The predicted molar refractivity (Wildman–Crippen MR) is 114 cm³/mol. The molecule has 0 atom stereocenters. The van der Waals surface area contributed by atoms with Gasteiger partial charge >= 0.3 is 0 Å². The molecule has 0 aliphatic rings. The second-order valence-corrected chi connectivity index (χ2v) is 7.05. The van der Waals surface area contributed by atoms with Gasteiger partial charge in [-0.2, -0.15) is 0 Å². The van der Waals surface area contributed by atoms with E-state index in [0.29, 0.717) is 0 Å². The molecule has 0 aliphatic carbocycles. The fraction of sp³-hybridized carbons (Fsp3) is 0.500. The van der Waals surface area contributed by atoms with Crippen LogP contribution in [0, 0.1) is 0 Å². The molecule has 0 aromatic heterocycles. The van der Waals surface area contributed by atoms with Gasteiger partial charge in [-0.25, -0.2) is 0 Å². The quantitative estimate of drug-likeness (QED) is 0.375. The Morgan fingerprint density at radius 2 is 1.00 bits per heavy atom. The van der Waals surface area contributed by atoms with E-state index in [1.807, 2.05) is 0 Å². The Morgan fingerprint density at radius 1 is 0.607 bits per heavy atom. The van der Waals surface area contributed by atoms with Crippen molar-refractivity contribution in [3.63, 3.8) is 0 Å². The van der Waals surface area contributed by atoms with E-state index >= 15 is 0 Å². The molecular weight excluding hydrogens is 476 g/mol. The summed E-state index contributed by atoms with van der Waals surface area (Å²) in [7, 11) is 0. The lowest BCUT2D eigenvalue weighted by Crippen LogP contribution is -3.10. The third-order valence-corrected chi connectivity index (χ3v) is 5.67. The second kappa shape index (κ2) is 17.2. The highest BCUT2D eigenvalue weighted by Crippen LogP contribution is 2.13. The Bertz CT molecular complexity index is 559. The number of nitrogens with one attached hydrogen (secondary N) is 1. The molecule has 0 saturated carbocycles. The van der Waals surface area contributed by atoms with Crippen molar-refractivity contribution in [1.29, 1.82) is 0 Å². The fourth-order valence-electron chi connectivity index (χ4n) is 3.36. The van der Waals surface area contributed by atoms with Gasteiger partial charge in [-0.1, -0.05) is 60.7 Å². The first-order chi connectivity index (χ1) is 12.6. The molecule has 2 aromatic carbocycles. The van der Waals surface area contributed by atoms with E-state index in [4.69, 9.17) is 0 Å². The van der Waals surface area contributed by atoms with Crippen LogP contribution in [0.3, 0.4) is 0 Å². The van der Waals surface area contributed by atoms with Gasteiger partial charge in [0.1, 0.15) is 13.1 Å². The number of halogens is 2. The molecule has 0 heterocycles. The monoisotopic (exact) mass is 514 g/mol. The third kappa shape index (κ3) is 10.8. The van der Waals surface area contributed by atoms with E-state index in [9.17, 15) is 0 Å². The van der Waals surface area contributed by atoms with Crippen molar-refractivity contribution in [2.75, 3.05) is 32.7 Å². The Hall–Kier alpha value is -0.680. The summed E-state index contributed by atoms with van der Waals surface area (Å²) in [5.74, 6) is 0. The van der Waals surface area contributed by atoms with Crippen molar-refractivity contribution >= 4 is 0 Å². The Balaban J connectivity index is 0. The van der Waals surface area contributed by atoms with Crippen molar-refractivity contribution in [2.24, 2.45) is 0 Å². The van der Waals surface area contributed by atoms with Crippen molar-refractivity contribution in [3.05, 3.63) is 71.8 Å². The van der Waals surface area contributed by atoms with Gasteiger partial charge in [0.15, 0.2) is 0 Å². The highest BCUT2D eigenvalue weighted by molar-refractivity contribution is 5.13. The number of hydrogen-bond donors (Lipinski definition) is 1. The maximum Gasteiger partial charge on any atom is 0.104 e. The second-order valence-electron chi connectivity index (χ2n) is 7.05. The number of rotatable bonds is 9. The number of quaternary nitrogens is 2. The molecule has 0 fully saturated rings. The van der Waals surface area contributed by atoms with Gasteiger partial charge in [-0.3, -0.25) is 0 Å². The van der Waals surface area contributed by atoms with Crippen LogP contribution in [0.1, 0.15) is 45.7 Å². The summed E-state index contributed by atoms with van der Waals surface area (Å²) < 4.78 is 1.20. The molecule has 0 spiro atoms. The van der Waals surface area contributed by atoms with Gasteiger partial charge in [-0.15, -0.1) is 0 Å². The summed E-state index contributed by atoms with van der Waals surface area (Å²) in [6, 6.07) is 21.5. The zero-order chi connectivity index (χ0) is 19.3. The van der Waals surface area contributed by atoms with E-state index < -0.39 is 0 Å². The molecule has 160 valence electrons. The predicted octanol–water partition coefficient (Wildman–Crippen LogP) is -1.82. The SMILES string of the molecule is CC[N+](CC)(CC)Cc1ccccc1.CC[NH+](CC)Cc1ccccc1.[Br-].[Br-]. The van der Waals surface area contributed by atoms with Gasteiger partial charge in [0.05, 0.1) is 32.7 Å². The first-order valence-corrected chi connectivity index (χ1v) is 10.4. The normalized spacial score (nSPS) is 10.4. The topological polar surface area (TPSA) is 4.44 Å². The summed E-state index contributed by atoms with van der Waals surface area (Å²) in [4.78, 5) is 1.64. The Kier molecular flexibility index (Phi) is 18.1. The lowest BCUT2D eigenvalue weighted by atomic mass is 10.2. The summed E-state index contributed by atoms with van der Waals surface area (Å²) in [5.41, 5.74) is 2.90. The minimum absolute atomic E-state index is 0. The smallest absolute Gasteiger partial charge is 0.104 e. The van der Waals surface area contributed by atoms with Gasteiger partial charge in [0.25, 0.3) is 0 Å². The number of benzene rings is 2. The third-order valence-electron chi connectivity index (χ3n) is 5.67. The molecule has 28 heavy (non-hydrogen) atoms. The maximum atomic E-state index is 2.29. The van der Waals surface area contributed by atoms with Crippen molar-refractivity contribution in [1.82, 2.24) is 0 Å². The largest absolute Gasteiger partial charge is 1.00 e. The average molecular weight is 516 g/mol. The maximum absolute atomic E-state index is 2.29. The van der Waals surface area contributed by atoms with Crippen LogP contribution in [0.4, 0.5) is 0 Å². The van der Waals surface area contributed by atoms with Crippen LogP contribution in [0.15, 0.2) is 60.7 Å². The highest BCUT2D eigenvalue weighted by atomic mass is 79.9.